The zero-order chi connectivity index (χ0) is 20.4. The molecule has 0 bridgehead atoms. The van der Waals surface area contributed by atoms with Crippen LogP contribution in [0.5, 0.6) is 0 Å². The monoisotopic (exact) mass is 422 g/mol. The number of fused-ring (bicyclic) bond motifs is 1. The van der Waals surface area contributed by atoms with Gasteiger partial charge in [-0.25, -0.2) is 16.8 Å². The fourth-order valence-electron chi connectivity index (χ4n) is 3.50. The molecule has 0 aliphatic carbocycles. The molecule has 0 saturated heterocycles. The maximum Gasteiger partial charge on any atom is 0.236 e. The lowest BCUT2D eigenvalue weighted by Gasteiger charge is -2.31. The highest BCUT2D eigenvalue weighted by Gasteiger charge is 2.27. The van der Waals surface area contributed by atoms with Crippen molar-refractivity contribution >= 4 is 31.4 Å². The van der Waals surface area contributed by atoms with Crippen molar-refractivity contribution in [3.63, 3.8) is 0 Å². The Morgan fingerprint density at radius 2 is 1.86 bits per heavy atom. The van der Waals surface area contributed by atoms with Crippen LogP contribution in [0.3, 0.4) is 0 Å². The summed E-state index contributed by atoms with van der Waals surface area (Å²) in [6.07, 6.45) is 2.08. The summed E-state index contributed by atoms with van der Waals surface area (Å²) in [5, 5.41) is 0. The van der Waals surface area contributed by atoms with Crippen molar-refractivity contribution < 1.29 is 16.8 Å². The van der Waals surface area contributed by atoms with Crippen LogP contribution in [0.4, 0.5) is 11.4 Å². The maximum atomic E-state index is 12.6. The van der Waals surface area contributed by atoms with Gasteiger partial charge in [-0.3, -0.25) is 9.03 Å². The molecule has 0 saturated carbocycles. The first-order valence-corrected chi connectivity index (χ1v) is 12.7. The lowest BCUT2D eigenvalue weighted by atomic mass is 10.0. The number of nitrogens with zero attached hydrogens (tertiary/aromatic N) is 1. The van der Waals surface area contributed by atoms with Crippen LogP contribution in [-0.2, 0) is 32.2 Å². The number of sulfonamides is 2. The molecule has 0 aromatic heterocycles. The second kappa shape index (κ2) is 8.13. The van der Waals surface area contributed by atoms with Gasteiger partial charge in [-0.1, -0.05) is 42.8 Å². The van der Waals surface area contributed by atoms with Crippen molar-refractivity contribution in [3.05, 3.63) is 59.2 Å². The summed E-state index contributed by atoms with van der Waals surface area (Å²) in [6.45, 7) is 4.17. The second-order valence-corrected chi connectivity index (χ2v) is 10.9. The van der Waals surface area contributed by atoms with Crippen LogP contribution < -0.4 is 9.03 Å². The van der Waals surface area contributed by atoms with E-state index >= 15 is 0 Å². The van der Waals surface area contributed by atoms with E-state index in [0.29, 0.717) is 29.9 Å². The SMILES string of the molecule is CCCS(=O)(=O)N1CCCc2ccc(NS(=O)(=O)Cc3cccc(C)c3)cc21. The van der Waals surface area contributed by atoms with Gasteiger partial charge in [0.05, 0.1) is 22.9 Å². The van der Waals surface area contributed by atoms with Gasteiger partial charge >= 0.3 is 0 Å². The Labute approximate surface area is 167 Å². The van der Waals surface area contributed by atoms with Gasteiger partial charge in [-0.15, -0.1) is 0 Å². The molecule has 2 aromatic carbocycles. The van der Waals surface area contributed by atoms with Crippen LogP contribution in [0.25, 0.3) is 0 Å². The molecule has 0 spiro atoms. The number of hydrogen-bond acceptors (Lipinski definition) is 4. The van der Waals surface area contributed by atoms with E-state index < -0.39 is 20.0 Å². The highest BCUT2D eigenvalue weighted by molar-refractivity contribution is 7.92. The Morgan fingerprint density at radius 1 is 1.07 bits per heavy atom. The minimum atomic E-state index is -3.61. The number of benzene rings is 2. The highest BCUT2D eigenvalue weighted by atomic mass is 32.2. The minimum Gasteiger partial charge on any atom is -0.283 e. The molecule has 28 heavy (non-hydrogen) atoms. The summed E-state index contributed by atoms with van der Waals surface area (Å²) in [6, 6.07) is 12.5. The van der Waals surface area contributed by atoms with Gasteiger partial charge < -0.3 is 0 Å². The molecule has 0 fully saturated rings. The quantitative estimate of drug-likeness (QED) is 0.741. The summed E-state index contributed by atoms with van der Waals surface area (Å²) in [4.78, 5) is 0. The normalized spacial score (nSPS) is 14.6. The van der Waals surface area contributed by atoms with Crippen LogP contribution in [0.2, 0.25) is 0 Å². The van der Waals surface area contributed by atoms with E-state index in [9.17, 15) is 16.8 Å². The summed E-state index contributed by atoms with van der Waals surface area (Å²) in [7, 11) is -7.02. The smallest absolute Gasteiger partial charge is 0.236 e. The molecule has 1 heterocycles. The summed E-state index contributed by atoms with van der Waals surface area (Å²) in [5.41, 5.74) is 3.59. The van der Waals surface area contributed by atoms with Gasteiger partial charge in [0.1, 0.15) is 0 Å². The lowest BCUT2D eigenvalue weighted by molar-refractivity contribution is 0.585. The number of aryl methyl sites for hydroxylation is 2. The Bertz CT molecular complexity index is 1060. The van der Waals surface area contributed by atoms with Gasteiger partial charge in [0, 0.05) is 6.54 Å². The molecule has 2 aromatic rings. The molecule has 0 atom stereocenters. The van der Waals surface area contributed by atoms with Gasteiger partial charge in [-0.05, 0) is 49.4 Å². The molecule has 8 heteroatoms. The average Bonchev–Trinajstić information content (AvgIpc) is 2.60. The van der Waals surface area contributed by atoms with Gasteiger partial charge in [-0.2, -0.15) is 0 Å². The molecular weight excluding hydrogens is 396 g/mol. The summed E-state index contributed by atoms with van der Waals surface area (Å²) in [5.74, 6) is -0.0562. The van der Waals surface area contributed by atoms with Crippen molar-refractivity contribution in [3.8, 4) is 0 Å². The summed E-state index contributed by atoms with van der Waals surface area (Å²) < 4.78 is 54.4. The largest absolute Gasteiger partial charge is 0.283 e. The van der Waals surface area contributed by atoms with Crippen LogP contribution in [0.15, 0.2) is 42.5 Å². The third-order valence-electron chi connectivity index (χ3n) is 4.67. The number of nitrogens with one attached hydrogen (secondary N) is 1. The van der Waals surface area contributed by atoms with Gasteiger partial charge in [0.15, 0.2) is 0 Å². The van der Waals surface area contributed by atoms with E-state index in [1.807, 2.05) is 38.1 Å². The predicted molar refractivity (Wildman–Crippen MR) is 114 cm³/mol. The standard InChI is InChI=1S/C20H26N2O4S2/c1-3-12-28(25,26)22-11-5-8-18-9-10-19(14-20(18)22)21-27(23,24)15-17-7-4-6-16(2)13-17/h4,6-7,9-10,13-14,21H,3,5,8,11-12,15H2,1-2H3. The molecule has 6 nitrogen and oxygen atoms in total. The van der Waals surface area contributed by atoms with E-state index in [4.69, 9.17) is 0 Å². The van der Waals surface area contributed by atoms with Crippen molar-refractivity contribution in [2.75, 3.05) is 21.3 Å². The topological polar surface area (TPSA) is 83.6 Å². The van der Waals surface area contributed by atoms with E-state index in [1.165, 1.54) is 4.31 Å². The van der Waals surface area contributed by atoms with E-state index in [0.717, 1.165) is 24.0 Å². The third-order valence-corrected chi connectivity index (χ3v) is 7.91. The number of anilines is 2. The summed E-state index contributed by atoms with van der Waals surface area (Å²) >= 11 is 0. The molecule has 0 unspecified atom stereocenters. The highest BCUT2D eigenvalue weighted by Crippen LogP contribution is 2.32. The van der Waals surface area contributed by atoms with Crippen LogP contribution >= 0.6 is 0 Å². The van der Waals surface area contributed by atoms with Gasteiger partial charge in [0.2, 0.25) is 20.0 Å². The first-order chi connectivity index (χ1) is 13.2. The van der Waals surface area contributed by atoms with Crippen molar-refractivity contribution in [2.24, 2.45) is 0 Å². The van der Waals surface area contributed by atoms with Crippen molar-refractivity contribution in [1.29, 1.82) is 0 Å². The van der Waals surface area contributed by atoms with E-state index in [2.05, 4.69) is 4.72 Å². The van der Waals surface area contributed by atoms with Crippen molar-refractivity contribution in [2.45, 2.75) is 38.9 Å². The molecule has 1 aliphatic rings. The second-order valence-electron chi connectivity index (χ2n) is 7.19. The van der Waals surface area contributed by atoms with Gasteiger partial charge in [0.25, 0.3) is 0 Å². The van der Waals surface area contributed by atoms with E-state index in [-0.39, 0.29) is 11.5 Å². The Balaban J connectivity index is 1.86. The fraction of sp³-hybridized carbons (Fsp3) is 0.400. The molecule has 0 amide bonds. The zero-order valence-electron chi connectivity index (χ0n) is 16.2. The number of rotatable bonds is 7. The number of hydrogen-bond donors (Lipinski definition) is 1. The Kier molecular flexibility index (Phi) is 6.00. The lowest BCUT2D eigenvalue weighted by Crippen LogP contribution is -2.37. The van der Waals surface area contributed by atoms with Crippen LogP contribution in [-0.4, -0.2) is 29.1 Å². The fourth-order valence-corrected chi connectivity index (χ4v) is 6.29. The zero-order valence-corrected chi connectivity index (χ0v) is 17.8. The first-order valence-electron chi connectivity index (χ1n) is 9.39. The van der Waals surface area contributed by atoms with Crippen molar-refractivity contribution in [1.82, 2.24) is 0 Å². The Morgan fingerprint density at radius 3 is 2.57 bits per heavy atom. The molecule has 1 aliphatic heterocycles. The van der Waals surface area contributed by atoms with Crippen LogP contribution in [0.1, 0.15) is 36.5 Å². The average molecular weight is 423 g/mol. The molecular formula is C20H26N2O4S2. The molecule has 1 N–H and O–H groups in total. The van der Waals surface area contributed by atoms with E-state index in [1.54, 1.807) is 18.2 Å². The maximum absolute atomic E-state index is 12.6. The van der Waals surface area contributed by atoms with Crippen LogP contribution in [0, 0.1) is 6.92 Å². The third kappa shape index (κ3) is 4.86. The first kappa shape index (κ1) is 20.7. The molecule has 3 rings (SSSR count). The Hall–Kier alpha value is -2.06. The predicted octanol–water partition coefficient (Wildman–Crippen LogP) is 3.43. The minimum absolute atomic E-state index is 0.0791. The molecule has 0 radical (unpaired) electrons. The molecule has 152 valence electrons.